The van der Waals surface area contributed by atoms with E-state index in [0.29, 0.717) is 5.92 Å². The summed E-state index contributed by atoms with van der Waals surface area (Å²) in [5, 5.41) is 9.43. The zero-order valence-corrected chi connectivity index (χ0v) is 10.1. The van der Waals surface area contributed by atoms with E-state index in [4.69, 9.17) is 0 Å². The van der Waals surface area contributed by atoms with Gasteiger partial charge in [-0.3, -0.25) is 4.90 Å². The Morgan fingerprint density at radius 2 is 2.07 bits per heavy atom. The van der Waals surface area contributed by atoms with Crippen molar-refractivity contribution >= 4 is 18.9 Å². The van der Waals surface area contributed by atoms with Crippen LogP contribution in [0.3, 0.4) is 0 Å². The second-order valence-corrected chi connectivity index (χ2v) is 4.71. The first-order valence-electron chi connectivity index (χ1n) is 4.99. The molecule has 0 aliphatic rings. The van der Waals surface area contributed by atoms with Gasteiger partial charge in [0.2, 0.25) is 0 Å². The highest BCUT2D eigenvalue weighted by molar-refractivity contribution is 7.81. The van der Waals surface area contributed by atoms with Crippen molar-refractivity contribution in [1.82, 2.24) is 4.90 Å². The van der Waals surface area contributed by atoms with E-state index in [2.05, 4.69) is 26.5 Å². The van der Waals surface area contributed by atoms with Crippen molar-refractivity contribution in [2.45, 2.75) is 38.2 Å². The topological polar surface area (TPSA) is 40.5 Å². The highest BCUT2D eigenvalue weighted by Gasteiger charge is 2.19. The van der Waals surface area contributed by atoms with Crippen LogP contribution in [-0.2, 0) is 4.79 Å². The molecule has 0 amide bonds. The SMILES string of the molecule is CC(C)CCN(C)C(O)C(S)CC=O. The van der Waals surface area contributed by atoms with Gasteiger partial charge in [-0.15, -0.1) is 0 Å². The van der Waals surface area contributed by atoms with Gasteiger partial charge in [0.15, 0.2) is 0 Å². The summed E-state index contributed by atoms with van der Waals surface area (Å²) in [5.74, 6) is 0.620. The Hall–Kier alpha value is -0.0600. The van der Waals surface area contributed by atoms with E-state index in [9.17, 15) is 9.90 Å². The average Bonchev–Trinajstić information content (AvgIpc) is 2.13. The first kappa shape index (κ1) is 13.9. The summed E-state index contributed by atoms with van der Waals surface area (Å²) >= 11 is 4.17. The van der Waals surface area contributed by atoms with E-state index in [1.54, 1.807) is 0 Å². The van der Waals surface area contributed by atoms with E-state index in [0.717, 1.165) is 19.3 Å². The van der Waals surface area contributed by atoms with Gasteiger partial charge in [-0.2, -0.15) is 12.6 Å². The molecule has 0 aromatic heterocycles. The van der Waals surface area contributed by atoms with Gasteiger partial charge in [-0.05, 0) is 19.4 Å². The summed E-state index contributed by atoms with van der Waals surface area (Å²) in [7, 11) is 1.85. The number of hydrogen-bond acceptors (Lipinski definition) is 4. The summed E-state index contributed by atoms with van der Waals surface area (Å²) in [4.78, 5) is 12.1. The van der Waals surface area contributed by atoms with Gasteiger partial charge in [-0.1, -0.05) is 13.8 Å². The molecule has 0 spiro atoms. The number of thiol groups is 1. The van der Waals surface area contributed by atoms with Gasteiger partial charge in [0.1, 0.15) is 12.5 Å². The van der Waals surface area contributed by atoms with Crippen LogP contribution in [0.15, 0.2) is 0 Å². The lowest BCUT2D eigenvalue weighted by molar-refractivity contribution is -0.108. The lowest BCUT2D eigenvalue weighted by Crippen LogP contribution is -2.39. The van der Waals surface area contributed by atoms with Crippen molar-refractivity contribution < 1.29 is 9.90 Å². The van der Waals surface area contributed by atoms with Crippen LogP contribution < -0.4 is 0 Å². The number of hydrogen-bond donors (Lipinski definition) is 2. The first-order valence-corrected chi connectivity index (χ1v) is 5.50. The maximum Gasteiger partial charge on any atom is 0.121 e. The number of rotatable bonds is 7. The number of aliphatic hydroxyl groups excluding tert-OH is 1. The van der Waals surface area contributed by atoms with Crippen LogP contribution in [0, 0.1) is 5.92 Å². The molecule has 0 heterocycles. The maximum atomic E-state index is 10.2. The number of carbonyl (C=O) groups excluding carboxylic acids is 1. The predicted octanol–water partition coefficient (Wildman–Crippen LogP) is 1.17. The zero-order chi connectivity index (χ0) is 11.1. The fraction of sp³-hybridized carbons (Fsp3) is 0.900. The quantitative estimate of drug-likeness (QED) is 0.384. The normalized spacial score (nSPS) is 15.9. The average molecular weight is 219 g/mol. The molecule has 2 unspecified atom stereocenters. The zero-order valence-electron chi connectivity index (χ0n) is 9.18. The molecule has 0 aromatic carbocycles. The molecule has 0 saturated carbocycles. The molecular weight excluding hydrogens is 198 g/mol. The van der Waals surface area contributed by atoms with Crippen LogP contribution in [-0.4, -0.2) is 41.4 Å². The number of nitrogens with zero attached hydrogens (tertiary/aromatic N) is 1. The van der Waals surface area contributed by atoms with Crippen molar-refractivity contribution in [3.63, 3.8) is 0 Å². The first-order chi connectivity index (χ1) is 6.49. The number of aliphatic hydroxyl groups is 1. The molecular formula is C10H21NO2S. The van der Waals surface area contributed by atoms with Crippen LogP contribution in [0.25, 0.3) is 0 Å². The smallest absolute Gasteiger partial charge is 0.121 e. The van der Waals surface area contributed by atoms with E-state index in [1.165, 1.54) is 0 Å². The minimum atomic E-state index is -0.637. The van der Waals surface area contributed by atoms with Gasteiger partial charge in [0, 0.05) is 18.2 Å². The Kier molecular flexibility index (Phi) is 7.23. The van der Waals surface area contributed by atoms with Crippen molar-refractivity contribution in [2.75, 3.05) is 13.6 Å². The largest absolute Gasteiger partial charge is 0.377 e. The molecule has 84 valence electrons. The van der Waals surface area contributed by atoms with E-state index in [1.807, 2.05) is 11.9 Å². The summed E-state index contributed by atoms with van der Waals surface area (Å²) in [6.45, 7) is 5.11. The van der Waals surface area contributed by atoms with Crippen molar-refractivity contribution in [1.29, 1.82) is 0 Å². The molecule has 0 radical (unpaired) electrons. The Labute approximate surface area is 91.9 Å². The monoisotopic (exact) mass is 219 g/mol. The Morgan fingerprint density at radius 3 is 2.50 bits per heavy atom. The summed E-state index contributed by atoms with van der Waals surface area (Å²) in [6, 6.07) is 0. The molecule has 0 aliphatic heterocycles. The Morgan fingerprint density at radius 1 is 1.50 bits per heavy atom. The van der Waals surface area contributed by atoms with Crippen molar-refractivity contribution in [2.24, 2.45) is 5.92 Å². The third-order valence-electron chi connectivity index (χ3n) is 2.19. The second kappa shape index (κ2) is 7.26. The lowest BCUT2D eigenvalue weighted by atomic mass is 10.1. The molecule has 0 bridgehead atoms. The minimum absolute atomic E-state index is 0.287. The highest BCUT2D eigenvalue weighted by Crippen LogP contribution is 2.10. The fourth-order valence-corrected chi connectivity index (χ4v) is 1.42. The number of carbonyl (C=O) groups is 1. The Balaban J connectivity index is 3.84. The molecule has 0 fully saturated rings. The van der Waals surface area contributed by atoms with Gasteiger partial charge in [0.05, 0.1) is 0 Å². The van der Waals surface area contributed by atoms with Crippen LogP contribution >= 0.6 is 12.6 Å². The minimum Gasteiger partial charge on any atom is -0.377 e. The van der Waals surface area contributed by atoms with Gasteiger partial charge in [-0.25, -0.2) is 0 Å². The van der Waals surface area contributed by atoms with Crippen LogP contribution in [0.5, 0.6) is 0 Å². The van der Waals surface area contributed by atoms with Gasteiger partial charge < -0.3 is 9.90 Å². The fourth-order valence-electron chi connectivity index (χ4n) is 1.11. The molecule has 0 aliphatic carbocycles. The second-order valence-electron chi connectivity index (χ2n) is 4.05. The Bertz CT molecular complexity index is 164. The molecule has 0 saturated heterocycles. The van der Waals surface area contributed by atoms with E-state index >= 15 is 0 Å². The molecule has 4 heteroatoms. The van der Waals surface area contributed by atoms with Gasteiger partial charge in [0.25, 0.3) is 0 Å². The molecule has 0 rings (SSSR count). The van der Waals surface area contributed by atoms with Crippen molar-refractivity contribution in [3.05, 3.63) is 0 Å². The highest BCUT2D eigenvalue weighted by atomic mass is 32.1. The third kappa shape index (κ3) is 5.62. The van der Waals surface area contributed by atoms with Crippen LogP contribution in [0.4, 0.5) is 0 Å². The van der Waals surface area contributed by atoms with Crippen LogP contribution in [0.2, 0.25) is 0 Å². The summed E-state index contributed by atoms with van der Waals surface area (Å²) in [5.41, 5.74) is 0. The third-order valence-corrected chi connectivity index (χ3v) is 2.67. The van der Waals surface area contributed by atoms with Gasteiger partial charge >= 0.3 is 0 Å². The predicted molar refractivity (Wildman–Crippen MR) is 61.5 cm³/mol. The number of aldehydes is 1. The van der Waals surface area contributed by atoms with E-state index in [-0.39, 0.29) is 11.7 Å². The van der Waals surface area contributed by atoms with Crippen molar-refractivity contribution in [3.8, 4) is 0 Å². The molecule has 14 heavy (non-hydrogen) atoms. The summed E-state index contributed by atoms with van der Waals surface area (Å²) in [6.07, 6.45) is 1.48. The van der Waals surface area contributed by atoms with Crippen LogP contribution in [0.1, 0.15) is 26.7 Å². The molecule has 3 nitrogen and oxygen atoms in total. The molecule has 0 aromatic rings. The standard InChI is InChI=1S/C10H21NO2S/c1-8(2)4-6-11(3)10(13)9(14)5-7-12/h7-10,13-14H,4-6H2,1-3H3. The maximum absolute atomic E-state index is 10.2. The summed E-state index contributed by atoms with van der Waals surface area (Å²) < 4.78 is 0. The van der Waals surface area contributed by atoms with E-state index < -0.39 is 6.23 Å². The molecule has 2 atom stereocenters. The lowest BCUT2D eigenvalue weighted by Gasteiger charge is -2.27. The molecule has 1 N–H and O–H groups in total.